The lowest BCUT2D eigenvalue weighted by molar-refractivity contribution is -0.141. The van der Waals surface area contributed by atoms with E-state index >= 15 is 0 Å². The Kier molecular flexibility index (Phi) is 8.66. The second-order valence-corrected chi connectivity index (χ2v) is 7.99. The average molecular weight is 451 g/mol. The number of anilines is 2. The van der Waals surface area contributed by atoms with Crippen LogP contribution in [0.15, 0.2) is 61.2 Å². The summed E-state index contributed by atoms with van der Waals surface area (Å²) in [5.74, 6) is -0.358. The number of nitrogen functional groups attached to an aromatic ring is 2. The van der Waals surface area contributed by atoms with Gasteiger partial charge in [-0.05, 0) is 67.7 Å². The lowest BCUT2D eigenvalue weighted by atomic mass is 9.87. The number of benzene rings is 2. The van der Waals surface area contributed by atoms with E-state index in [1.807, 2.05) is 0 Å². The molecule has 1 aliphatic rings. The first-order chi connectivity index (χ1) is 15.9. The summed E-state index contributed by atoms with van der Waals surface area (Å²) in [6.07, 6.45) is 8.08. The fraction of sp³-hybridized carbons (Fsp3) is 0.308. The molecule has 0 atom stereocenters. The third-order valence-corrected chi connectivity index (χ3v) is 5.50. The molecule has 1 aliphatic carbocycles. The number of carbonyl (C=O) groups excluding carboxylic acids is 2. The number of carbonyl (C=O) groups is 2. The molecule has 0 aliphatic heterocycles. The Bertz CT molecular complexity index is 992. The molecule has 1 fully saturated rings. The average Bonchev–Trinajstić information content (AvgIpc) is 2.83. The number of rotatable bonds is 9. The standard InChI is InChI=1S/C26H30N2O5/c1-2-15-31-22-11-6-19(7-12-22)26(30)33-23-9-3-18(4-10-23)5-14-25(29)32-17-20-16-21(27)8-13-24(20)28/h2-5,8-10,13-14,16,19,22H,1,6-7,11-12,15,17,27-28H2. The molecule has 3 rings (SSSR count). The Morgan fingerprint density at radius 3 is 2.45 bits per heavy atom. The van der Waals surface area contributed by atoms with Crippen LogP contribution in [0.3, 0.4) is 0 Å². The SMILES string of the molecule is C=CCOC1CCC(C(=O)Oc2ccc(C=CC(=O)OCc3cc(N)ccc3N)cc2)CC1. The molecule has 0 saturated heterocycles. The van der Waals surface area contributed by atoms with E-state index in [0.29, 0.717) is 29.3 Å². The molecule has 0 spiro atoms. The van der Waals surface area contributed by atoms with E-state index in [-0.39, 0.29) is 24.6 Å². The quantitative estimate of drug-likeness (QED) is 0.193. The second kappa shape index (κ2) is 11.9. The van der Waals surface area contributed by atoms with Crippen molar-refractivity contribution in [3.8, 4) is 5.75 Å². The molecule has 0 aromatic heterocycles. The minimum Gasteiger partial charge on any atom is -0.458 e. The van der Waals surface area contributed by atoms with Crippen LogP contribution in [0, 0.1) is 5.92 Å². The molecule has 0 unspecified atom stereocenters. The van der Waals surface area contributed by atoms with Crippen molar-refractivity contribution in [2.75, 3.05) is 18.1 Å². The smallest absolute Gasteiger partial charge is 0.331 e. The molecule has 2 aromatic rings. The van der Waals surface area contributed by atoms with Crippen molar-refractivity contribution in [2.45, 2.75) is 38.4 Å². The predicted octanol–water partition coefficient (Wildman–Crippen LogP) is 4.27. The number of ether oxygens (including phenoxy) is 3. The van der Waals surface area contributed by atoms with Gasteiger partial charge in [-0.2, -0.15) is 0 Å². The summed E-state index contributed by atoms with van der Waals surface area (Å²) in [4.78, 5) is 24.4. The second-order valence-electron chi connectivity index (χ2n) is 7.99. The summed E-state index contributed by atoms with van der Waals surface area (Å²) in [6, 6.07) is 12.0. The van der Waals surface area contributed by atoms with Gasteiger partial charge in [-0.25, -0.2) is 4.79 Å². The van der Waals surface area contributed by atoms with Gasteiger partial charge in [-0.3, -0.25) is 4.79 Å². The van der Waals surface area contributed by atoms with Gasteiger partial charge in [0, 0.05) is 23.0 Å². The Hall–Kier alpha value is -3.58. The highest BCUT2D eigenvalue weighted by atomic mass is 16.5. The minimum absolute atomic E-state index is 0.0389. The molecule has 4 N–H and O–H groups in total. The molecular formula is C26H30N2O5. The van der Waals surface area contributed by atoms with Gasteiger partial charge in [-0.1, -0.05) is 18.2 Å². The van der Waals surface area contributed by atoms with Crippen LogP contribution in [0.5, 0.6) is 5.75 Å². The fourth-order valence-electron chi connectivity index (χ4n) is 3.63. The minimum atomic E-state index is -0.500. The van der Waals surface area contributed by atoms with E-state index < -0.39 is 5.97 Å². The van der Waals surface area contributed by atoms with Gasteiger partial charge >= 0.3 is 11.9 Å². The van der Waals surface area contributed by atoms with Crippen LogP contribution in [0.25, 0.3) is 6.08 Å². The Balaban J connectivity index is 1.44. The van der Waals surface area contributed by atoms with Gasteiger partial charge in [0.05, 0.1) is 18.6 Å². The zero-order valence-electron chi connectivity index (χ0n) is 18.6. The summed E-state index contributed by atoms with van der Waals surface area (Å²) in [6.45, 7) is 4.23. The maximum atomic E-state index is 12.5. The maximum absolute atomic E-state index is 12.5. The zero-order valence-corrected chi connectivity index (χ0v) is 18.6. The Morgan fingerprint density at radius 2 is 1.76 bits per heavy atom. The molecular weight excluding hydrogens is 420 g/mol. The third kappa shape index (κ3) is 7.50. The Morgan fingerprint density at radius 1 is 1.03 bits per heavy atom. The normalized spacial score (nSPS) is 18.1. The molecule has 7 heteroatoms. The van der Waals surface area contributed by atoms with E-state index in [2.05, 4.69) is 6.58 Å². The first-order valence-electron chi connectivity index (χ1n) is 11.0. The molecule has 7 nitrogen and oxygen atoms in total. The van der Waals surface area contributed by atoms with Crippen molar-refractivity contribution in [1.29, 1.82) is 0 Å². The van der Waals surface area contributed by atoms with Crippen LogP contribution in [0.1, 0.15) is 36.8 Å². The van der Waals surface area contributed by atoms with Crippen LogP contribution < -0.4 is 16.2 Å². The Labute approximate surface area is 194 Å². The van der Waals surface area contributed by atoms with Gasteiger partial charge < -0.3 is 25.7 Å². The summed E-state index contributed by atoms with van der Waals surface area (Å²) >= 11 is 0. The first kappa shape index (κ1) is 24.1. The van der Waals surface area contributed by atoms with Crippen molar-refractivity contribution >= 4 is 29.4 Å². The van der Waals surface area contributed by atoms with Crippen LogP contribution in [-0.2, 0) is 25.7 Å². The zero-order chi connectivity index (χ0) is 23.6. The lowest BCUT2D eigenvalue weighted by Crippen LogP contribution is -2.28. The highest BCUT2D eigenvalue weighted by Crippen LogP contribution is 2.28. The number of hydrogen-bond acceptors (Lipinski definition) is 7. The largest absolute Gasteiger partial charge is 0.458 e. The molecule has 2 aromatic carbocycles. The van der Waals surface area contributed by atoms with Crippen molar-refractivity contribution in [2.24, 2.45) is 5.92 Å². The molecule has 1 saturated carbocycles. The predicted molar refractivity (Wildman–Crippen MR) is 128 cm³/mol. The van der Waals surface area contributed by atoms with Crippen molar-refractivity contribution < 1.29 is 23.8 Å². The monoisotopic (exact) mass is 450 g/mol. The van der Waals surface area contributed by atoms with E-state index in [1.54, 1.807) is 54.6 Å². The van der Waals surface area contributed by atoms with Gasteiger partial charge in [0.2, 0.25) is 0 Å². The fourth-order valence-corrected chi connectivity index (χ4v) is 3.63. The summed E-state index contributed by atoms with van der Waals surface area (Å²) in [5, 5.41) is 0. The molecule has 0 amide bonds. The first-order valence-corrected chi connectivity index (χ1v) is 11.0. The maximum Gasteiger partial charge on any atom is 0.331 e. The number of hydrogen-bond donors (Lipinski definition) is 2. The van der Waals surface area contributed by atoms with Crippen LogP contribution >= 0.6 is 0 Å². The van der Waals surface area contributed by atoms with Gasteiger partial charge in [-0.15, -0.1) is 6.58 Å². The number of esters is 2. The van der Waals surface area contributed by atoms with Crippen molar-refractivity contribution in [3.63, 3.8) is 0 Å². The lowest BCUT2D eigenvalue weighted by Gasteiger charge is -2.26. The number of nitrogens with two attached hydrogens (primary N) is 2. The molecule has 174 valence electrons. The highest BCUT2D eigenvalue weighted by Gasteiger charge is 2.28. The summed E-state index contributed by atoms with van der Waals surface area (Å²) in [7, 11) is 0. The van der Waals surface area contributed by atoms with Gasteiger partial charge in [0.1, 0.15) is 12.4 Å². The molecule has 0 radical (unpaired) electrons. The molecule has 0 bridgehead atoms. The van der Waals surface area contributed by atoms with E-state index in [4.69, 9.17) is 25.7 Å². The van der Waals surface area contributed by atoms with Gasteiger partial charge in [0.25, 0.3) is 0 Å². The van der Waals surface area contributed by atoms with E-state index in [0.717, 1.165) is 31.2 Å². The molecule has 33 heavy (non-hydrogen) atoms. The van der Waals surface area contributed by atoms with E-state index in [9.17, 15) is 9.59 Å². The topological polar surface area (TPSA) is 114 Å². The summed E-state index contributed by atoms with van der Waals surface area (Å²) in [5.41, 5.74) is 14.1. The molecule has 0 heterocycles. The van der Waals surface area contributed by atoms with Crippen LogP contribution in [0.2, 0.25) is 0 Å². The summed E-state index contributed by atoms with van der Waals surface area (Å²) < 4.78 is 16.4. The van der Waals surface area contributed by atoms with Crippen LogP contribution in [0.4, 0.5) is 11.4 Å². The van der Waals surface area contributed by atoms with Crippen molar-refractivity contribution in [1.82, 2.24) is 0 Å². The van der Waals surface area contributed by atoms with Crippen molar-refractivity contribution in [3.05, 3.63) is 72.3 Å². The van der Waals surface area contributed by atoms with E-state index in [1.165, 1.54) is 6.08 Å². The van der Waals surface area contributed by atoms with Crippen LogP contribution in [-0.4, -0.2) is 24.6 Å². The third-order valence-electron chi connectivity index (χ3n) is 5.50. The highest BCUT2D eigenvalue weighted by molar-refractivity contribution is 5.87. The van der Waals surface area contributed by atoms with Gasteiger partial charge in [0.15, 0.2) is 0 Å².